The monoisotopic (exact) mass is 598 g/mol. The SMILES string of the molecule is COc1cccc(CNC(=O)c2cccc(-c3ccc(CN4CCC(N5CCCC5)CC4)cc3)n2)c1.O=C(O)C(F)(F)F. The van der Waals surface area contributed by atoms with Gasteiger partial charge in [0.05, 0.1) is 12.8 Å². The third kappa shape index (κ3) is 9.52. The second-order valence-electron chi connectivity index (χ2n) is 10.7. The lowest BCUT2D eigenvalue weighted by Crippen LogP contribution is -2.43. The van der Waals surface area contributed by atoms with E-state index in [1.807, 2.05) is 36.4 Å². The van der Waals surface area contributed by atoms with E-state index >= 15 is 0 Å². The summed E-state index contributed by atoms with van der Waals surface area (Å²) in [7, 11) is 1.64. The molecule has 0 saturated carbocycles. The number of halogens is 3. The summed E-state index contributed by atoms with van der Waals surface area (Å²) >= 11 is 0. The third-order valence-electron chi connectivity index (χ3n) is 7.68. The molecule has 2 aromatic carbocycles. The smallest absolute Gasteiger partial charge is 0.490 e. The largest absolute Gasteiger partial charge is 0.497 e. The summed E-state index contributed by atoms with van der Waals surface area (Å²) in [5.41, 5.74) is 4.55. The normalized spacial score (nSPS) is 16.3. The van der Waals surface area contributed by atoms with Crippen molar-refractivity contribution in [1.82, 2.24) is 20.1 Å². The number of benzene rings is 2. The predicted molar refractivity (Wildman–Crippen MR) is 157 cm³/mol. The Morgan fingerprint density at radius 2 is 1.60 bits per heavy atom. The number of methoxy groups -OCH3 is 1. The number of hydrogen-bond donors (Lipinski definition) is 2. The van der Waals surface area contributed by atoms with Crippen molar-refractivity contribution in [2.45, 2.75) is 51.0 Å². The molecule has 2 N–H and O–H groups in total. The molecule has 8 nitrogen and oxygen atoms in total. The maximum absolute atomic E-state index is 12.7. The number of likely N-dealkylation sites (tertiary alicyclic amines) is 2. The predicted octanol–water partition coefficient (Wildman–Crippen LogP) is 5.38. The van der Waals surface area contributed by atoms with Crippen molar-refractivity contribution in [2.75, 3.05) is 33.3 Å². The number of carboxylic acids is 1. The van der Waals surface area contributed by atoms with Crippen LogP contribution in [-0.2, 0) is 17.9 Å². The number of pyridine rings is 1. The van der Waals surface area contributed by atoms with Crippen LogP contribution in [0.2, 0.25) is 0 Å². The molecule has 2 aliphatic rings. The van der Waals surface area contributed by atoms with Crippen molar-refractivity contribution >= 4 is 11.9 Å². The Labute approximate surface area is 249 Å². The van der Waals surface area contributed by atoms with E-state index < -0.39 is 12.1 Å². The molecule has 2 saturated heterocycles. The van der Waals surface area contributed by atoms with E-state index in [0.717, 1.165) is 35.2 Å². The van der Waals surface area contributed by atoms with Crippen LogP contribution >= 0.6 is 0 Å². The number of aliphatic carboxylic acids is 1. The number of nitrogens with one attached hydrogen (secondary N) is 1. The molecule has 11 heteroatoms. The van der Waals surface area contributed by atoms with Crippen LogP contribution in [0.3, 0.4) is 0 Å². The van der Waals surface area contributed by atoms with Crippen molar-refractivity contribution in [1.29, 1.82) is 0 Å². The highest BCUT2D eigenvalue weighted by Crippen LogP contribution is 2.23. The molecule has 2 fully saturated rings. The lowest BCUT2D eigenvalue weighted by atomic mass is 10.0. The second kappa shape index (κ2) is 15.0. The van der Waals surface area contributed by atoms with Crippen molar-refractivity contribution < 1.29 is 32.6 Å². The first-order chi connectivity index (χ1) is 20.6. The maximum Gasteiger partial charge on any atom is 0.490 e. The van der Waals surface area contributed by atoms with Crippen molar-refractivity contribution in [3.63, 3.8) is 0 Å². The van der Waals surface area contributed by atoms with Gasteiger partial charge in [0.25, 0.3) is 5.91 Å². The van der Waals surface area contributed by atoms with Crippen LogP contribution in [0.5, 0.6) is 5.75 Å². The Hall–Kier alpha value is -3.96. The number of aromatic nitrogens is 1. The number of amides is 1. The maximum atomic E-state index is 12.7. The van der Waals surface area contributed by atoms with Crippen LogP contribution in [0.1, 0.15) is 47.3 Å². The molecule has 0 radical (unpaired) electrons. The standard InChI is InChI=1S/C30H36N4O2.C2HF3O2/c1-36-27-7-4-6-24(20-27)21-31-30(35)29-9-5-8-28(32-29)25-12-10-23(11-13-25)22-33-18-14-26(15-19-33)34-16-2-3-17-34;3-2(4,5)1(6)7/h4-13,20,26H,2-3,14-19,21-22H2,1H3,(H,31,35);(H,6,7). The van der Waals surface area contributed by atoms with Crippen molar-refractivity contribution in [2.24, 2.45) is 0 Å². The molecule has 0 bridgehead atoms. The fraction of sp³-hybridized carbons (Fsp3) is 0.406. The van der Waals surface area contributed by atoms with E-state index in [9.17, 15) is 18.0 Å². The lowest BCUT2D eigenvalue weighted by molar-refractivity contribution is -0.192. The second-order valence-corrected chi connectivity index (χ2v) is 10.7. The van der Waals surface area contributed by atoms with Crippen molar-refractivity contribution in [3.05, 3.63) is 83.6 Å². The van der Waals surface area contributed by atoms with Gasteiger partial charge in [0.1, 0.15) is 11.4 Å². The van der Waals surface area contributed by atoms with Gasteiger partial charge in [0.15, 0.2) is 0 Å². The Bertz CT molecular complexity index is 1350. The number of hydrogen-bond acceptors (Lipinski definition) is 6. The van der Waals surface area contributed by atoms with Gasteiger partial charge in [0, 0.05) is 24.7 Å². The number of nitrogens with zero attached hydrogens (tertiary/aromatic N) is 3. The molecule has 3 aromatic rings. The number of carbonyl (C=O) groups excluding carboxylic acids is 1. The minimum atomic E-state index is -5.08. The van der Waals surface area contributed by atoms with Gasteiger partial charge in [-0.3, -0.25) is 9.69 Å². The molecule has 230 valence electrons. The third-order valence-corrected chi connectivity index (χ3v) is 7.68. The summed E-state index contributed by atoms with van der Waals surface area (Å²) in [5, 5.41) is 10.1. The van der Waals surface area contributed by atoms with Crippen molar-refractivity contribution in [3.8, 4) is 17.0 Å². The molecule has 0 spiro atoms. The van der Waals surface area contributed by atoms with E-state index in [1.165, 1.54) is 57.4 Å². The molecule has 1 aromatic heterocycles. The van der Waals surface area contributed by atoms with Gasteiger partial charge in [-0.25, -0.2) is 9.78 Å². The number of alkyl halides is 3. The highest BCUT2D eigenvalue weighted by atomic mass is 19.4. The Morgan fingerprint density at radius 1 is 0.953 bits per heavy atom. The zero-order chi connectivity index (χ0) is 30.8. The number of piperidine rings is 1. The summed E-state index contributed by atoms with van der Waals surface area (Å²) in [6, 6.07) is 22.7. The Kier molecular flexibility index (Phi) is 11.1. The van der Waals surface area contributed by atoms with Gasteiger partial charge in [-0.05, 0) is 87.3 Å². The van der Waals surface area contributed by atoms with Gasteiger partial charge in [0.2, 0.25) is 0 Å². The van der Waals surface area contributed by atoms with Crippen LogP contribution in [0, 0.1) is 0 Å². The fourth-order valence-corrected chi connectivity index (χ4v) is 5.37. The minimum Gasteiger partial charge on any atom is -0.497 e. The van der Waals surface area contributed by atoms with E-state index in [-0.39, 0.29) is 5.91 Å². The zero-order valence-electron chi connectivity index (χ0n) is 24.1. The Morgan fingerprint density at radius 3 is 2.23 bits per heavy atom. The average Bonchev–Trinajstić information content (AvgIpc) is 3.56. The summed E-state index contributed by atoms with van der Waals surface area (Å²) in [4.78, 5) is 31.5. The number of rotatable bonds is 8. The summed E-state index contributed by atoms with van der Waals surface area (Å²) in [5.74, 6) is -2.17. The molecular weight excluding hydrogens is 561 g/mol. The number of carboxylic acid groups (broad SMARTS) is 1. The Balaban J connectivity index is 0.000000541. The highest BCUT2D eigenvalue weighted by molar-refractivity contribution is 5.92. The zero-order valence-corrected chi connectivity index (χ0v) is 24.1. The topological polar surface area (TPSA) is 95.0 Å². The minimum absolute atomic E-state index is 0.186. The van der Waals surface area contributed by atoms with E-state index in [2.05, 4.69) is 44.4 Å². The van der Waals surface area contributed by atoms with Crippen LogP contribution in [-0.4, -0.2) is 77.3 Å². The molecule has 0 aliphatic carbocycles. The first kappa shape index (κ1) is 32.0. The van der Waals surface area contributed by atoms with E-state index in [4.69, 9.17) is 14.6 Å². The van der Waals surface area contributed by atoms with E-state index in [0.29, 0.717) is 12.2 Å². The summed E-state index contributed by atoms with van der Waals surface area (Å²) in [6.07, 6.45) is 0.236. The lowest BCUT2D eigenvalue weighted by Gasteiger charge is -2.36. The molecule has 2 aliphatic heterocycles. The highest BCUT2D eigenvalue weighted by Gasteiger charge is 2.38. The molecule has 0 atom stereocenters. The first-order valence-electron chi connectivity index (χ1n) is 14.4. The molecule has 5 rings (SSSR count). The summed E-state index contributed by atoms with van der Waals surface area (Å²) < 4.78 is 37.0. The molecule has 1 amide bonds. The number of ether oxygens (including phenoxy) is 1. The van der Waals surface area contributed by atoms with Crippen LogP contribution < -0.4 is 10.1 Å². The van der Waals surface area contributed by atoms with Gasteiger partial charge >= 0.3 is 12.1 Å². The quantitative estimate of drug-likeness (QED) is 0.360. The van der Waals surface area contributed by atoms with Crippen LogP contribution in [0.25, 0.3) is 11.3 Å². The van der Waals surface area contributed by atoms with E-state index in [1.54, 1.807) is 13.2 Å². The fourth-order valence-electron chi connectivity index (χ4n) is 5.37. The average molecular weight is 599 g/mol. The van der Waals surface area contributed by atoms with Gasteiger partial charge < -0.3 is 20.1 Å². The van der Waals surface area contributed by atoms with Gasteiger partial charge in [-0.1, -0.05) is 42.5 Å². The van der Waals surface area contributed by atoms with Crippen LogP contribution in [0.4, 0.5) is 13.2 Å². The van der Waals surface area contributed by atoms with Gasteiger partial charge in [-0.2, -0.15) is 13.2 Å². The van der Waals surface area contributed by atoms with Crippen LogP contribution in [0.15, 0.2) is 66.7 Å². The first-order valence-corrected chi connectivity index (χ1v) is 14.4. The molecule has 0 unspecified atom stereocenters. The van der Waals surface area contributed by atoms with Gasteiger partial charge in [-0.15, -0.1) is 0 Å². The molecule has 3 heterocycles. The number of carbonyl (C=O) groups is 2. The summed E-state index contributed by atoms with van der Waals surface area (Å²) in [6.45, 7) is 6.37. The molecular formula is C32H37F3N4O4. The molecule has 43 heavy (non-hydrogen) atoms.